The minimum Gasteiger partial charge on any atom is -0.329 e. The molecule has 2 aromatic rings. The number of hydrogen-bond acceptors (Lipinski definition) is 3. The molecular weight excluding hydrogens is 368 g/mol. The molecule has 21 heavy (non-hydrogen) atoms. The lowest BCUT2D eigenvalue weighted by Gasteiger charge is -2.31. The van der Waals surface area contributed by atoms with Gasteiger partial charge in [0.25, 0.3) is 0 Å². The van der Waals surface area contributed by atoms with E-state index in [9.17, 15) is 0 Å². The quantitative estimate of drug-likeness (QED) is 0.771. The first-order valence-corrected chi connectivity index (χ1v) is 9.17. The van der Waals surface area contributed by atoms with Crippen molar-refractivity contribution >= 4 is 38.9 Å². The van der Waals surface area contributed by atoms with Crippen LogP contribution in [0.15, 0.2) is 40.2 Å². The smallest absolute Gasteiger partial charge is 0.0488 e. The van der Waals surface area contributed by atoms with Crippen LogP contribution in [-0.2, 0) is 6.54 Å². The fourth-order valence-corrected chi connectivity index (χ4v) is 4.10. The molecule has 1 heterocycles. The fourth-order valence-electron chi connectivity index (χ4n) is 2.69. The number of rotatable bonds is 6. The van der Waals surface area contributed by atoms with Gasteiger partial charge >= 0.3 is 0 Å². The van der Waals surface area contributed by atoms with Crippen LogP contribution >= 0.6 is 38.9 Å². The minimum absolute atomic E-state index is 0.202. The molecule has 112 valence electrons. The van der Waals surface area contributed by atoms with E-state index >= 15 is 0 Å². The summed E-state index contributed by atoms with van der Waals surface area (Å²) in [5.41, 5.74) is 7.31. The summed E-state index contributed by atoms with van der Waals surface area (Å²) in [5.74, 6) is 0. The molecule has 0 bridgehead atoms. The number of hydrogen-bond donors (Lipinski definition) is 1. The van der Waals surface area contributed by atoms with E-state index in [0.29, 0.717) is 12.6 Å². The summed E-state index contributed by atoms with van der Waals surface area (Å²) < 4.78 is 1.08. The van der Waals surface area contributed by atoms with E-state index in [2.05, 4.69) is 38.3 Å². The third-order valence-electron chi connectivity index (χ3n) is 3.88. The standard InChI is InChI=1S/C16H18BrClN2S/c17-15-6-3-11(18)8-14(15)16(9-19)20(12-4-5-12)10-13-2-1-7-21-13/h1-3,6-8,12,16H,4-5,9-10,19H2. The van der Waals surface area contributed by atoms with Gasteiger partial charge in [0.15, 0.2) is 0 Å². The molecule has 1 saturated carbocycles. The molecule has 1 unspecified atom stereocenters. The summed E-state index contributed by atoms with van der Waals surface area (Å²) in [7, 11) is 0. The molecule has 1 aromatic carbocycles. The number of halogens is 2. The van der Waals surface area contributed by atoms with Crippen LogP contribution in [0.3, 0.4) is 0 Å². The maximum atomic E-state index is 6.18. The normalized spacial score (nSPS) is 16.4. The predicted octanol–water partition coefficient (Wildman–Crippen LogP) is 4.83. The second kappa shape index (κ2) is 6.80. The summed E-state index contributed by atoms with van der Waals surface area (Å²) in [6, 6.07) is 11.1. The van der Waals surface area contributed by atoms with E-state index < -0.39 is 0 Å². The lowest BCUT2D eigenvalue weighted by molar-refractivity contribution is 0.183. The van der Waals surface area contributed by atoms with Crippen LogP contribution in [-0.4, -0.2) is 17.5 Å². The molecule has 5 heteroatoms. The molecule has 0 aliphatic heterocycles. The van der Waals surface area contributed by atoms with Gasteiger partial charge in [-0.3, -0.25) is 4.90 Å². The van der Waals surface area contributed by atoms with Gasteiger partial charge in [0.05, 0.1) is 0 Å². The molecule has 1 atom stereocenters. The van der Waals surface area contributed by atoms with Crippen LogP contribution in [0, 0.1) is 0 Å². The van der Waals surface area contributed by atoms with Crippen molar-refractivity contribution in [2.24, 2.45) is 5.73 Å². The third-order valence-corrected chi connectivity index (χ3v) is 5.69. The van der Waals surface area contributed by atoms with Crippen LogP contribution in [0.4, 0.5) is 0 Å². The van der Waals surface area contributed by atoms with E-state index in [1.807, 2.05) is 18.2 Å². The van der Waals surface area contributed by atoms with Gasteiger partial charge in [-0.1, -0.05) is 33.6 Å². The van der Waals surface area contributed by atoms with Crippen molar-refractivity contribution in [1.82, 2.24) is 4.90 Å². The predicted molar refractivity (Wildman–Crippen MR) is 93.8 cm³/mol. The summed E-state index contributed by atoms with van der Waals surface area (Å²) in [5, 5.41) is 2.89. The highest BCUT2D eigenvalue weighted by Crippen LogP contribution is 2.38. The molecule has 0 radical (unpaired) electrons. The first kappa shape index (κ1) is 15.5. The largest absolute Gasteiger partial charge is 0.329 e. The van der Waals surface area contributed by atoms with Crippen molar-refractivity contribution in [2.45, 2.75) is 31.5 Å². The molecular formula is C16H18BrClN2S. The van der Waals surface area contributed by atoms with E-state index in [0.717, 1.165) is 16.0 Å². The van der Waals surface area contributed by atoms with Crippen molar-refractivity contribution in [3.8, 4) is 0 Å². The van der Waals surface area contributed by atoms with Gasteiger partial charge in [0.2, 0.25) is 0 Å². The number of thiophene rings is 1. The Morgan fingerprint density at radius 1 is 1.38 bits per heavy atom. The number of nitrogens with zero attached hydrogens (tertiary/aromatic N) is 1. The topological polar surface area (TPSA) is 29.3 Å². The Balaban J connectivity index is 1.89. The van der Waals surface area contributed by atoms with Gasteiger partial charge in [-0.2, -0.15) is 0 Å². The van der Waals surface area contributed by atoms with Gasteiger partial charge in [0.1, 0.15) is 0 Å². The number of benzene rings is 1. The van der Waals surface area contributed by atoms with Crippen molar-refractivity contribution < 1.29 is 0 Å². The van der Waals surface area contributed by atoms with E-state index in [1.165, 1.54) is 23.3 Å². The molecule has 3 rings (SSSR count). The van der Waals surface area contributed by atoms with Crippen molar-refractivity contribution in [2.75, 3.05) is 6.54 Å². The Labute approximate surface area is 143 Å². The molecule has 2 N–H and O–H groups in total. The fraction of sp³-hybridized carbons (Fsp3) is 0.375. The molecule has 1 fully saturated rings. The molecule has 2 nitrogen and oxygen atoms in total. The average molecular weight is 386 g/mol. The lowest BCUT2D eigenvalue weighted by Crippen LogP contribution is -2.35. The van der Waals surface area contributed by atoms with E-state index in [1.54, 1.807) is 11.3 Å². The van der Waals surface area contributed by atoms with Crippen molar-refractivity contribution in [1.29, 1.82) is 0 Å². The van der Waals surface area contributed by atoms with Gasteiger partial charge in [-0.05, 0) is 48.1 Å². The minimum atomic E-state index is 0.202. The molecule has 1 aromatic heterocycles. The summed E-state index contributed by atoms with van der Waals surface area (Å²) in [6.45, 7) is 1.56. The Morgan fingerprint density at radius 3 is 2.81 bits per heavy atom. The van der Waals surface area contributed by atoms with Gasteiger partial charge in [0, 0.05) is 39.5 Å². The van der Waals surface area contributed by atoms with Crippen LogP contribution in [0.25, 0.3) is 0 Å². The Hall–Kier alpha value is -0.390. The van der Waals surface area contributed by atoms with E-state index in [4.69, 9.17) is 17.3 Å². The average Bonchev–Trinajstić information content (AvgIpc) is 3.19. The van der Waals surface area contributed by atoms with Crippen LogP contribution in [0.1, 0.15) is 29.3 Å². The molecule has 1 aliphatic carbocycles. The number of nitrogens with two attached hydrogens (primary N) is 1. The first-order valence-electron chi connectivity index (χ1n) is 7.12. The highest BCUT2D eigenvalue weighted by Gasteiger charge is 2.35. The molecule has 0 spiro atoms. The maximum Gasteiger partial charge on any atom is 0.0488 e. The Bertz CT molecular complexity index is 598. The zero-order valence-electron chi connectivity index (χ0n) is 11.6. The van der Waals surface area contributed by atoms with E-state index in [-0.39, 0.29) is 6.04 Å². The van der Waals surface area contributed by atoms with Crippen LogP contribution in [0.2, 0.25) is 5.02 Å². The first-order chi connectivity index (χ1) is 10.2. The third kappa shape index (κ3) is 3.69. The molecule has 1 aliphatic rings. The summed E-state index contributed by atoms with van der Waals surface area (Å²) in [4.78, 5) is 3.92. The highest BCUT2D eigenvalue weighted by molar-refractivity contribution is 9.10. The molecule has 0 saturated heterocycles. The second-order valence-electron chi connectivity index (χ2n) is 5.40. The van der Waals surface area contributed by atoms with Gasteiger partial charge in [-0.25, -0.2) is 0 Å². The zero-order valence-corrected chi connectivity index (χ0v) is 14.8. The van der Waals surface area contributed by atoms with Crippen LogP contribution in [0.5, 0.6) is 0 Å². The Morgan fingerprint density at radius 2 is 2.19 bits per heavy atom. The maximum absolute atomic E-state index is 6.18. The van der Waals surface area contributed by atoms with Crippen LogP contribution < -0.4 is 5.73 Å². The molecule has 0 amide bonds. The lowest BCUT2D eigenvalue weighted by atomic mass is 10.0. The SMILES string of the molecule is NCC(c1cc(Cl)ccc1Br)N(Cc1cccs1)C1CC1. The van der Waals surface area contributed by atoms with Crippen molar-refractivity contribution in [3.05, 3.63) is 55.6 Å². The van der Waals surface area contributed by atoms with Gasteiger partial charge < -0.3 is 5.73 Å². The monoisotopic (exact) mass is 384 g/mol. The summed E-state index contributed by atoms with van der Waals surface area (Å²) in [6.07, 6.45) is 2.53. The second-order valence-corrected chi connectivity index (χ2v) is 7.72. The van der Waals surface area contributed by atoms with Gasteiger partial charge in [-0.15, -0.1) is 11.3 Å². The van der Waals surface area contributed by atoms with Crippen molar-refractivity contribution in [3.63, 3.8) is 0 Å². The Kier molecular flexibility index (Phi) is 5.02. The highest BCUT2D eigenvalue weighted by atomic mass is 79.9. The summed E-state index contributed by atoms with van der Waals surface area (Å²) >= 11 is 11.6. The zero-order chi connectivity index (χ0) is 14.8.